The van der Waals surface area contributed by atoms with Gasteiger partial charge in [-0.2, -0.15) is 0 Å². The standard InChI is InChI=1S/C14H16BrCl2NO/c15-7-6-11-3-1-2-8-18(11)14(19)12-9-10(16)4-5-13(12)17/h4-5,9,11H,1-3,6-8H2. The first-order valence-corrected chi connectivity index (χ1v) is 8.33. The second-order valence-electron chi connectivity index (χ2n) is 4.75. The second kappa shape index (κ2) is 6.96. The lowest BCUT2D eigenvalue weighted by molar-refractivity contribution is 0.0610. The molecular weight excluding hydrogens is 349 g/mol. The molecule has 5 heteroatoms. The zero-order chi connectivity index (χ0) is 13.8. The fourth-order valence-corrected chi connectivity index (χ4v) is 3.41. The van der Waals surface area contributed by atoms with Gasteiger partial charge in [0.1, 0.15) is 0 Å². The number of halogens is 3. The van der Waals surface area contributed by atoms with Crippen LogP contribution in [0.2, 0.25) is 10.0 Å². The van der Waals surface area contributed by atoms with Crippen molar-refractivity contribution in [2.75, 3.05) is 11.9 Å². The third-order valence-electron chi connectivity index (χ3n) is 3.49. The molecule has 1 aromatic carbocycles. The Balaban J connectivity index is 2.23. The fraction of sp³-hybridized carbons (Fsp3) is 0.500. The molecule has 0 bridgehead atoms. The third kappa shape index (κ3) is 3.65. The Kier molecular flexibility index (Phi) is 5.55. The van der Waals surface area contributed by atoms with Gasteiger partial charge in [0.25, 0.3) is 5.91 Å². The number of hydrogen-bond acceptors (Lipinski definition) is 1. The highest BCUT2D eigenvalue weighted by atomic mass is 79.9. The summed E-state index contributed by atoms with van der Waals surface area (Å²) in [6.45, 7) is 0.805. The molecular formula is C14H16BrCl2NO. The Hall–Kier alpha value is -0.250. The van der Waals surface area contributed by atoms with Gasteiger partial charge >= 0.3 is 0 Å². The second-order valence-corrected chi connectivity index (χ2v) is 6.39. The number of rotatable bonds is 3. The van der Waals surface area contributed by atoms with Crippen LogP contribution in [-0.2, 0) is 0 Å². The van der Waals surface area contributed by atoms with Crippen molar-refractivity contribution in [3.63, 3.8) is 0 Å². The topological polar surface area (TPSA) is 20.3 Å². The maximum absolute atomic E-state index is 12.6. The predicted octanol–water partition coefficient (Wildman–Crippen LogP) is 4.77. The molecule has 0 saturated carbocycles. The largest absolute Gasteiger partial charge is 0.336 e. The normalized spacial score (nSPS) is 19.5. The summed E-state index contributed by atoms with van der Waals surface area (Å²) in [7, 11) is 0. The van der Waals surface area contributed by atoms with Crippen molar-refractivity contribution in [2.24, 2.45) is 0 Å². The molecule has 0 aliphatic carbocycles. The van der Waals surface area contributed by atoms with Crippen molar-refractivity contribution in [1.82, 2.24) is 4.90 Å². The minimum atomic E-state index is -0.00171. The Morgan fingerprint density at radius 3 is 2.89 bits per heavy atom. The van der Waals surface area contributed by atoms with Crippen molar-refractivity contribution in [2.45, 2.75) is 31.7 Å². The predicted molar refractivity (Wildman–Crippen MR) is 83.5 cm³/mol. The molecule has 1 aliphatic rings. The van der Waals surface area contributed by atoms with E-state index in [0.29, 0.717) is 21.7 Å². The van der Waals surface area contributed by atoms with Gasteiger partial charge in [-0.1, -0.05) is 39.1 Å². The number of hydrogen-bond donors (Lipinski definition) is 0. The summed E-state index contributed by atoms with van der Waals surface area (Å²) in [6.07, 6.45) is 4.28. The van der Waals surface area contributed by atoms with Gasteiger partial charge in [0.2, 0.25) is 0 Å². The van der Waals surface area contributed by atoms with E-state index in [9.17, 15) is 4.79 Å². The number of nitrogens with zero attached hydrogens (tertiary/aromatic N) is 1. The molecule has 19 heavy (non-hydrogen) atoms. The summed E-state index contributed by atoms with van der Waals surface area (Å²) in [5.74, 6) is -0.00171. The fourth-order valence-electron chi connectivity index (χ4n) is 2.51. The van der Waals surface area contributed by atoms with Crippen molar-refractivity contribution in [1.29, 1.82) is 0 Å². The zero-order valence-electron chi connectivity index (χ0n) is 10.5. The van der Waals surface area contributed by atoms with Crippen molar-refractivity contribution in [3.8, 4) is 0 Å². The molecule has 0 aromatic heterocycles. The van der Waals surface area contributed by atoms with Crippen molar-refractivity contribution in [3.05, 3.63) is 33.8 Å². The molecule has 2 rings (SSSR count). The van der Waals surface area contributed by atoms with Crippen LogP contribution in [0.5, 0.6) is 0 Å². The van der Waals surface area contributed by atoms with Gasteiger partial charge in [0, 0.05) is 22.9 Å². The Morgan fingerprint density at radius 2 is 2.16 bits per heavy atom. The number of amides is 1. The average Bonchev–Trinajstić information content (AvgIpc) is 2.42. The molecule has 1 amide bonds. The van der Waals surface area contributed by atoms with E-state index in [1.54, 1.807) is 18.2 Å². The van der Waals surface area contributed by atoms with E-state index in [2.05, 4.69) is 15.9 Å². The van der Waals surface area contributed by atoms with E-state index < -0.39 is 0 Å². The summed E-state index contributed by atoms with van der Waals surface area (Å²) in [5, 5.41) is 1.92. The summed E-state index contributed by atoms with van der Waals surface area (Å²) in [4.78, 5) is 14.6. The SMILES string of the molecule is O=C(c1cc(Cl)ccc1Cl)N1CCCCC1CCBr. The van der Waals surface area contributed by atoms with E-state index in [1.165, 1.54) is 6.42 Å². The van der Waals surface area contributed by atoms with Crippen LogP contribution in [0.25, 0.3) is 0 Å². The van der Waals surface area contributed by atoms with Crippen LogP contribution in [0, 0.1) is 0 Å². The molecule has 0 N–H and O–H groups in total. The molecule has 2 nitrogen and oxygen atoms in total. The summed E-state index contributed by atoms with van der Waals surface area (Å²) < 4.78 is 0. The Morgan fingerprint density at radius 1 is 1.37 bits per heavy atom. The van der Waals surface area contributed by atoms with Gasteiger partial charge in [-0.15, -0.1) is 0 Å². The van der Waals surface area contributed by atoms with E-state index >= 15 is 0 Å². The van der Waals surface area contributed by atoms with E-state index in [0.717, 1.165) is 31.1 Å². The maximum Gasteiger partial charge on any atom is 0.255 e. The molecule has 1 atom stereocenters. The van der Waals surface area contributed by atoms with Crippen LogP contribution < -0.4 is 0 Å². The van der Waals surface area contributed by atoms with Gasteiger partial charge in [-0.25, -0.2) is 0 Å². The first kappa shape index (κ1) is 15.1. The zero-order valence-corrected chi connectivity index (χ0v) is 13.6. The van der Waals surface area contributed by atoms with Gasteiger partial charge in [-0.05, 0) is 43.9 Å². The van der Waals surface area contributed by atoms with Gasteiger partial charge < -0.3 is 4.90 Å². The number of carbonyl (C=O) groups excluding carboxylic acids is 1. The molecule has 1 saturated heterocycles. The van der Waals surface area contributed by atoms with E-state index in [1.807, 2.05) is 4.90 Å². The number of benzene rings is 1. The number of alkyl halides is 1. The monoisotopic (exact) mass is 363 g/mol. The highest BCUT2D eigenvalue weighted by Crippen LogP contribution is 2.27. The smallest absolute Gasteiger partial charge is 0.255 e. The molecule has 1 fully saturated rings. The highest BCUT2D eigenvalue weighted by Gasteiger charge is 2.28. The van der Waals surface area contributed by atoms with Crippen LogP contribution in [0.1, 0.15) is 36.0 Å². The Bertz CT molecular complexity index is 465. The highest BCUT2D eigenvalue weighted by molar-refractivity contribution is 9.09. The number of likely N-dealkylation sites (tertiary alicyclic amines) is 1. The lowest BCUT2D eigenvalue weighted by Gasteiger charge is -2.35. The van der Waals surface area contributed by atoms with Crippen LogP contribution in [0.15, 0.2) is 18.2 Å². The quantitative estimate of drug-likeness (QED) is 0.707. The summed E-state index contributed by atoms with van der Waals surface area (Å²) >= 11 is 15.5. The molecule has 0 spiro atoms. The van der Waals surface area contributed by atoms with E-state index in [4.69, 9.17) is 23.2 Å². The molecule has 0 radical (unpaired) electrons. The number of piperidine rings is 1. The summed E-state index contributed by atoms with van der Waals surface area (Å²) in [5.41, 5.74) is 0.510. The maximum atomic E-state index is 12.6. The van der Waals surface area contributed by atoms with Crippen molar-refractivity contribution >= 4 is 45.0 Å². The number of carbonyl (C=O) groups is 1. The molecule has 1 aliphatic heterocycles. The van der Waals surface area contributed by atoms with Crippen LogP contribution >= 0.6 is 39.1 Å². The molecule has 1 heterocycles. The van der Waals surface area contributed by atoms with E-state index in [-0.39, 0.29) is 5.91 Å². The average molecular weight is 365 g/mol. The molecule has 1 aromatic rings. The lowest BCUT2D eigenvalue weighted by Crippen LogP contribution is -2.44. The van der Waals surface area contributed by atoms with Gasteiger partial charge in [-0.3, -0.25) is 4.79 Å². The van der Waals surface area contributed by atoms with Crippen LogP contribution in [-0.4, -0.2) is 28.7 Å². The Labute approximate surface area is 132 Å². The first-order chi connectivity index (χ1) is 9.13. The van der Waals surface area contributed by atoms with Crippen LogP contribution in [0.3, 0.4) is 0 Å². The van der Waals surface area contributed by atoms with Gasteiger partial charge in [0.15, 0.2) is 0 Å². The third-order valence-corrected chi connectivity index (χ3v) is 4.51. The minimum Gasteiger partial charge on any atom is -0.336 e. The van der Waals surface area contributed by atoms with Gasteiger partial charge in [0.05, 0.1) is 10.6 Å². The van der Waals surface area contributed by atoms with Crippen molar-refractivity contribution < 1.29 is 4.79 Å². The molecule has 104 valence electrons. The summed E-state index contributed by atoms with van der Waals surface area (Å²) in [6, 6.07) is 5.34. The lowest BCUT2D eigenvalue weighted by atomic mass is 9.99. The molecule has 1 unspecified atom stereocenters. The first-order valence-electron chi connectivity index (χ1n) is 6.45. The minimum absolute atomic E-state index is 0.00171. The van der Waals surface area contributed by atoms with Crippen LogP contribution in [0.4, 0.5) is 0 Å².